The predicted molar refractivity (Wildman–Crippen MR) is 86.3 cm³/mol. The van der Waals surface area contributed by atoms with Crippen molar-refractivity contribution in [2.75, 3.05) is 5.32 Å². The number of carbonyl (C=O) groups excluding carboxylic acids is 1. The number of nitrogens with one attached hydrogen (secondary N) is 1. The number of benzene rings is 2. The zero-order valence-electron chi connectivity index (χ0n) is 12.8. The molecule has 9 heteroatoms. The lowest BCUT2D eigenvalue weighted by molar-refractivity contribution is -0.137. The summed E-state index contributed by atoms with van der Waals surface area (Å²) in [4.78, 5) is 12.1. The Morgan fingerprint density at radius 2 is 1.88 bits per heavy atom. The topological polar surface area (TPSA) is 55.1 Å². The molecule has 0 saturated heterocycles. The van der Waals surface area contributed by atoms with Gasteiger partial charge in [0.25, 0.3) is 5.91 Å². The van der Waals surface area contributed by atoms with Gasteiger partial charge in [0.15, 0.2) is 0 Å². The number of amides is 1. The highest BCUT2D eigenvalue weighted by Gasteiger charge is 2.31. The third-order valence-electron chi connectivity index (χ3n) is 3.40. The summed E-state index contributed by atoms with van der Waals surface area (Å²) >= 11 is 5.87. The molecule has 1 heterocycles. The first kappa shape index (κ1) is 17.9. The van der Waals surface area contributed by atoms with Crippen molar-refractivity contribution in [3.05, 3.63) is 70.7 Å². The van der Waals surface area contributed by atoms with Crippen molar-refractivity contribution in [2.24, 2.45) is 0 Å². The molecule has 0 aliphatic rings. The SMILES string of the molecule is O=C(Nc1cc(C(F)(F)F)ccc1F)c1cc(-c2cccc(Cl)c2)no1. The van der Waals surface area contributed by atoms with Crippen LogP contribution in [0.25, 0.3) is 11.3 Å². The van der Waals surface area contributed by atoms with Crippen LogP contribution in [-0.4, -0.2) is 11.1 Å². The Bertz CT molecular complexity index is 969. The molecule has 0 saturated carbocycles. The second-order valence-electron chi connectivity index (χ2n) is 5.23. The van der Waals surface area contributed by atoms with Gasteiger partial charge in [-0.2, -0.15) is 13.2 Å². The van der Waals surface area contributed by atoms with Gasteiger partial charge in [0.2, 0.25) is 5.76 Å². The zero-order chi connectivity index (χ0) is 18.9. The monoisotopic (exact) mass is 384 g/mol. The van der Waals surface area contributed by atoms with Crippen molar-refractivity contribution in [1.29, 1.82) is 0 Å². The second-order valence-corrected chi connectivity index (χ2v) is 5.67. The van der Waals surface area contributed by atoms with Gasteiger partial charge in [0.1, 0.15) is 11.5 Å². The van der Waals surface area contributed by atoms with Crippen molar-refractivity contribution < 1.29 is 26.9 Å². The smallest absolute Gasteiger partial charge is 0.350 e. The van der Waals surface area contributed by atoms with E-state index in [-0.39, 0.29) is 5.76 Å². The van der Waals surface area contributed by atoms with E-state index in [4.69, 9.17) is 16.1 Å². The molecule has 0 aliphatic heterocycles. The molecule has 26 heavy (non-hydrogen) atoms. The largest absolute Gasteiger partial charge is 0.416 e. The van der Waals surface area contributed by atoms with E-state index in [1.54, 1.807) is 24.3 Å². The third kappa shape index (κ3) is 3.85. The van der Waals surface area contributed by atoms with Gasteiger partial charge in [-0.25, -0.2) is 4.39 Å². The minimum Gasteiger partial charge on any atom is -0.350 e. The minimum atomic E-state index is -4.67. The molecule has 0 bridgehead atoms. The number of nitrogens with zero attached hydrogens (tertiary/aromatic N) is 1. The van der Waals surface area contributed by atoms with Gasteiger partial charge >= 0.3 is 6.18 Å². The Morgan fingerprint density at radius 3 is 2.58 bits per heavy atom. The van der Waals surface area contributed by atoms with Gasteiger partial charge in [0, 0.05) is 16.7 Å². The minimum absolute atomic E-state index is 0.294. The summed E-state index contributed by atoms with van der Waals surface area (Å²) in [6.07, 6.45) is -4.67. The van der Waals surface area contributed by atoms with Crippen LogP contribution < -0.4 is 5.32 Å². The molecule has 134 valence electrons. The van der Waals surface area contributed by atoms with Gasteiger partial charge in [-0.05, 0) is 30.3 Å². The highest BCUT2D eigenvalue weighted by Crippen LogP contribution is 2.32. The van der Waals surface area contributed by atoms with Crippen LogP contribution >= 0.6 is 11.6 Å². The van der Waals surface area contributed by atoms with Crippen LogP contribution in [0, 0.1) is 5.82 Å². The number of carbonyl (C=O) groups is 1. The Balaban J connectivity index is 1.83. The normalized spacial score (nSPS) is 11.4. The maximum absolute atomic E-state index is 13.7. The van der Waals surface area contributed by atoms with Crippen LogP contribution in [0.2, 0.25) is 5.02 Å². The molecule has 1 aromatic heterocycles. The molecule has 0 fully saturated rings. The van der Waals surface area contributed by atoms with Gasteiger partial charge in [-0.15, -0.1) is 0 Å². The number of hydrogen-bond donors (Lipinski definition) is 1. The Kier molecular flexibility index (Phi) is 4.69. The third-order valence-corrected chi connectivity index (χ3v) is 3.63. The maximum atomic E-state index is 13.7. The van der Waals surface area contributed by atoms with E-state index in [1.807, 2.05) is 5.32 Å². The summed E-state index contributed by atoms with van der Waals surface area (Å²) in [6.45, 7) is 0. The first-order valence-electron chi connectivity index (χ1n) is 7.15. The fourth-order valence-electron chi connectivity index (χ4n) is 2.15. The van der Waals surface area contributed by atoms with Crippen LogP contribution in [0.5, 0.6) is 0 Å². The van der Waals surface area contributed by atoms with E-state index < -0.39 is 29.2 Å². The van der Waals surface area contributed by atoms with Crippen LogP contribution in [0.3, 0.4) is 0 Å². The molecule has 3 rings (SSSR count). The average Bonchev–Trinajstić information content (AvgIpc) is 3.06. The molecule has 4 nitrogen and oxygen atoms in total. The van der Waals surface area contributed by atoms with Crippen molar-refractivity contribution in [2.45, 2.75) is 6.18 Å². The Labute approximate surface area is 149 Å². The maximum Gasteiger partial charge on any atom is 0.416 e. The van der Waals surface area contributed by atoms with Crippen LogP contribution in [0.15, 0.2) is 53.1 Å². The molecule has 0 spiro atoms. The molecule has 3 aromatic rings. The molecular formula is C17H9ClF4N2O2. The second kappa shape index (κ2) is 6.80. The highest BCUT2D eigenvalue weighted by atomic mass is 35.5. The summed E-state index contributed by atoms with van der Waals surface area (Å²) < 4.78 is 56.7. The van der Waals surface area contributed by atoms with E-state index in [2.05, 4.69) is 5.16 Å². The van der Waals surface area contributed by atoms with Crippen molar-refractivity contribution >= 4 is 23.2 Å². The molecular weight excluding hydrogens is 376 g/mol. The number of halogens is 5. The lowest BCUT2D eigenvalue weighted by Gasteiger charge is -2.10. The number of aromatic nitrogens is 1. The number of alkyl halides is 3. The van der Waals surface area contributed by atoms with Crippen molar-refractivity contribution in [3.8, 4) is 11.3 Å². The van der Waals surface area contributed by atoms with E-state index in [0.717, 1.165) is 0 Å². The quantitative estimate of drug-likeness (QED) is 0.615. The summed E-state index contributed by atoms with van der Waals surface area (Å²) in [5.74, 6) is -2.25. The number of anilines is 1. The zero-order valence-corrected chi connectivity index (χ0v) is 13.5. The van der Waals surface area contributed by atoms with Crippen LogP contribution in [-0.2, 0) is 6.18 Å². The molecule has 1 amide bonds. The first-order chi connectivity index (χ1) is 12.2. The number of rotatable bonds is 3. The molecule has 1 N–H and O–H groups in total. The summed E-state index contributed by atoms with van der Waals surface area (Å²) in [5.41, 5.74) is -0.843. The summed E-state index contributed by atoms with van der Waals surface area (Å²) in [7, 11) is 0. The fourth-order valence-corrected chi connectivity index (χ4v) is 2.34. The van der Waals surface area contributed by atoms with Crippen LogP contribution in [0.4, 0.5) is 23.2 Å². The molecule has 0 atom stereocenters. The van der Waals surface area contributed by atoms with Crippen LogP contribution in [0.1, 0.15) is 16.1 Å². The first-order valence-corrected chi connectivity index (χ1v) is 7.52. The summed E-state index contributed by atoms with van der Waals surface area (Å²) in [5, 5.41) is 6.19. The Morgan fingerprint density at radius 1 is 1.12 bits per heavy atom. The van der Waals surface area contributed by atoms with E-state index in [0.29, 0.717) is 34.5 Å². The Hall–Kier alpha value is -2.87. The molecule has 2 aromatic carbocycles. The predicted octanol–water partition coefficient (Wildman–Crippen LogP) is 5.41. The highest BCUT2D eigenvalue weighted by molar-refractivity contribution is 6.30. The molecule has 0 unspecified atom stereocenters. The van der Waals surface area contributed by atoms with E-state index in [9.17, 15) is 22.4 Å². The van der Waals surface area contributed by atoms with Crippen molar-refractivity contribution in [3.63, 3.8) is 0 Å². The summed E-state index contributed by atoms with van der Waals surface area (Å²) in [6, 6.07) is 9.56. The molecule has 0 radical (unpaired) electrons. The van der Waals surface area contributed by atoms with Gasteiger partial charge in [0.05, 0.1) is 11.3 Å². The standard InChI is InChI=1S/C17H9ClF4N2O2/c18-11-3-1-2-9(6-11)13-8-15(26-24-13)16(25)23-14-7-10(17(20,21)22)4-5-12(14)19/h1-8H,(H,23,25). The molecule has 0 aliphatic carbocycles. The lowest BCUT2D eigenvalue weighted by atomic mass is 10.1. The van der Waals surface area contributed by atoms with Gasteiger partial charge in [-0.3, -0.25) is 4.79 Å². The lowest BCUT2D eigenvalue weighted by Crippen LogP contribution is -2.14. The van der Waals surface area contributed by atoms with Gasteiger partial charge in [-0.1, -0.05) is 28.9 Å². The van der Waals surface area contributed by atoms with Crippen molar-refractivity contribution in [1.82, 2.24) is 5.16 Å². The number of hydrogen-bond acceptors (Lipinski definition) is 3. The van der Waals surface area contributed by atoms with Gasteiger partial charge < -0.3 is 9.84 Å². The fraction of sp³-hybridized carbons (Fsp3) is 0.0588. The van der Waals surface area contributed by atoms with E-state index in [1.165, 1.54) is 6.07 Å². The average molecular weight is 385 g/mol. The van der Waals surface area contributed by atoms with E-state index >= 15 is 0 Å².